The Kier molecular flexibility index (Phi) is 3.31. The summed E-state index contributed by atoms with van der Waals surface area (Å²) in [6.45, 7) is 0.294. The summed E-state index contributed by atoms with van der Waals surface area (Å²) in [7, 11) is 0. The lowest BCUT2D eigenvalue weighted by molar-refractivity contribution is -0.123. The van der Waals surface area contributed by atoms with E-state index >= 15 is 0 Å². The average molecular weight is 254 g/mol. The summed E-state index contributed by atoms with van der Waals surface area (Å²) in [4.78, 5) is 12.9. The number of carbonyl (C=O) groups excluding carboxylic acids is 1. The molecule has 1 aliphatic heterocycles. The largest absolute Gasteiger partial charge is 0.506 e. The van der Waals surface area contributed by atoms with Gasteiger partial charge in [-0.05, 0) is 12.1 Å². The summed E-state index contributed by atoms with van der Waals surface area (Å²) in [5.74, 6) is 0.562. The first-order valence-corrected chi connectivity index (χ1v) is 6.07. The second-order valence-electron chi connectivity index (χ2n) is 3.23. The number of rotatable bonds is 3. The van der Waals surface area contributed by atoms with Gasteiger partial charge < -0.3 is 10.4 Å². The van der Waals surface area contributed by atoms with Crippen LogP contribution in [0.1, 0.15) is 0 Å². The van der Waals surface area contributed by atoms with Crippen molar-refractivity contribution in [3.63, 3.8) is 0 Å². The quantitative estimate of drug-likeness (QED) is 0.634. The number of hydrogen-bond acceptors (Lipinski definition) is 5. The molecule has 1 heterocycles. The Morgan fingerprint density at radius 1 is 1.50 bits per heavy atom. The van der Waals surface area contributed by atoms with Gasteiger partial charge in [0.1, 0.15) is 10.1 Å². The second-order valence-corrected chi connectivity index (χ2v) is 4.84. The molecule has 0 atom stereocenters. The van der Waals surface area contributed by atoms with Crippen LogP contribution in [-0.2, 0) is 4.79 Å². The summed E-state index contributed by atoms with van der Waals surface area (Å²) >= 11 is 6.39. The van der Waals surface area contributed by atoms with E-state index < -0.39 is 0 Å². The number of nitrogens with one attached hydrogen (secondary N) is 1. The van der Waals surface area contributed by atoms with Gasteiger partial charge in [-0.15, -0.1) is 0 Å². The van der Waals surface area contributed by atoms with Crippen molar-refractivity contribution in [2.45, 2.75) is 0 Å². The highest BCUT2D eigenvalue weighted by molar-refractivity contribution is 8.23. The molecule has 0 radical (unpaired) electrons. The third-order valence-electron chi connectivity index (χ3n) is 2.17. The van der Waals surface area contributed by atoms with Crippen LogP contribution in [0.4, 0.5) is 5.69 Å². The molecule has 1 aliphatic rings. The van der Waals surface area contributed by atoms with Gasteiger partial charge in [-0.1, -0.05) is 36.1 Å². The maximum absolute atomic E-state index is 11.4. The number of aromatic hydroxyl groups is 1. The molecule has 0 unspecified atom stereocenters. The molecule has 84 valence electrons. The molecule has 1 aromatic rings. The number of hydrogen-bond donors (Lipinski definition) is 2. The van der Waals surface area contributed by atoms with E-state index in [9.17, 15) is 9.90 Å². The number of amides is 1. The average Bonchev–Trinajstić information content (AvgIpc) is 2.58. The van der Waals surface area contributed by atoms with Crippen LogP contribution in [0.3, 0.4) is 0 Å². The molecule has 0 aromatic heterocycles. The highest BCUT2D eigenvalue weighted by Crippen LogP contribution is 2.23. The van der Waals surface area contributed by atoms with Gasteiger partial charge in [-0.25, -0.2) is 0 Å². The molecule has 1 fully saturated rings. The van der Waals surface area contributed by atoms with Gasteiger partial charge in [-0.2, -0.15) is 0 Å². The van der Waals surface area contributed by atoms with Crippen molar-refractivity contribution in [2.75, 3.05) is 17.7 Å². The first-order chi connectivity index (χ1) is 7.68. The molecular formula is C10H10N2O2S2. The number of phenols is 1. The molecule has 4 nitrogen and oxygen atoms in total. The van der Waals surface area contributed by atoms with Gasteiger partial charge in [0.15, 0.2) is 0 Å². The molecule has 1 aromatic carbocycles. The number of thioether (sulfide) groups is 1. The monoisotopic (exact) mass is 254 g/mol. The lowest BCUT2D eigenvalue weighted by atomic mass is 10.3. The van der Waals surface area contributed by atoms with Crippen molar-refractivity contribution in [2.24, 2.45) is 0 Å². The van der Waals surface area contributed by atoms with Crippen LogP contribution in [0.2, 0.25) is 0 Å². The Morgan fingerprint density at radius 2 is 2.25 bits per heavy atom. The topological polar surface area (TPSA) is 52.6 Å². The fraction of sp³-hybridized carbons (Fsp3) is 0.200. The van der Waals surface area contributed by atoms with Crippen molar-refractivity contribution in [3.8, 4) is 5.75 Å². The number of anilines is 1. The van der Waals surface area contributed by atoms with E-state index in [1.807, 2.05) is 0 Å². The van der Waals surface area contributed by atoms with E-state index in [1.54, 1.807) is 24.3 Å². The Labute approximate surface area is 103 Å². The van der Waals surface area contributed by atoms with Crippen LogP contribution >= 0.6 is 24.0 Å². The smallest absolute Gasteiger partial charge is 0.239 e. The lowest BCUT2D eigenvalue weighted by Gasteiger charge is -2.16. The zero-order chi connectivity index (χ0) is 11.5. The Hall–Kier alpha value is -1.27. The Bertz CT molecular complexity index is 421. The van der Waals surface area contributed by atoms with Crippen LogP contribution in [0.25, 0.3) is 0 Å². The van der Waals surface area contributed by atoms with E-state index in [1.165, 1.54) is 16.7 Å². The first-order valence-electron chi connectivity index (χ1n) is 4.67. The minimum Gasteiger partial charge on any atom is -0.506 e. The Morgan fingerprint density at radius 3 is 2.88 bits per heavy atom. The van der Waals surface area contributed by atoms with Crippen LogP contribution in [-0.4, -0.2) is 32.7 Å². The molecule has 0 spiro atoms. The standard InChI is InChI=1S/C10H10N2O2S2/c13-8-4-2-1-3-7(8)11-6-12-9(14)5-16-10(12)15/h1-4,11,13H,5-6H2. The predicted molar refractivity (Wildman–Crippen MR) is 68.5 cm³/mol. The van der Waals surface area contributed by atoms with Gasteiger partial charge in [0.2, 0.25) is 5.91 Å². The fourth-order valence-electron chi connectivity index (χ4n) is 1.32. The first kappa shape index (κ1) is 11.2. The van der Waals surface area contributed by atoms with Crippen molar-refractivity contribution in [3.05, 3.63) is 24.3 Å². The number of carbonyl (C=O) groups is 1. The SMILES string of the molecule is O=C1CSC(=S)N1CNc1ccccc1O. The highest BCUT2D eigenvalue weighted by Gasteiger charge is 2.26. The number of thiocarbonyl (C=S) groups is 1. The van der Waals surface area contributed by atoms with E-state index in [0.29, 0.717) is 22.4 Å². The normalized spacial score (nSPS) is 15.6. The zero-order valence-electron chi connectivity index (χ0n) is 8.34. The summed E-state index contributed by atoms with van der Waals surface area (Å²) in [5, 5.41) is 12.5. The molecule has 2 N–H and O–H groups in total. The molecule has 16 heavy (non-hydrogen) atoms. The molecule has 6 heteroatoms. The summed E-state index contributed by atoms with van der Waals surface area (Å²) < 4.78 is 0.577. The molecule has 2 rings (SSSR count). The van der Waals surface area contributed by atoms with E-state index in [-0.39, 0.29) is 11.7 Å². The van der Waals surface area contributed by atoms with Crippen LogP contribution in [0.15, 0.2) is 24.3 Å². The number of para-hydroxylation sites is 2. The van der Waals surface area contributed by atoms with Crippen molar-refractivity contribution >= 4 is 39.9 Å². The number of nitrogens with zero attached hydrogens (tertiary/aromatic N) is 1. The van der Waals surface area contributed by atoms with E-state index in [2.05, 4.69) is 5.32 Å². The van der Waals surface area contributed by atoms with Crippen molar-refractivity contribution in [1.29, 1.82) is 0 Å². The lowest BCUT2D eigenvalue weighted by Crippen LogP contribution is -2.33. The van der Waals surface area contributed by atoms with Crippen LogP contribution in [0.5, 0.6) is 5.75 Å². The number of benzene rings is 1. The van der Waals surface area contributed by atoms with E-state index in [4.69, 9.17) is 12.2 Å². The summed E-state index contributed by atoms with van der Waals surface area (Å²) in [6, 6.07) is 6.87. The second kappa shape index (κ2) is 4.71. The van der Waals surface area contributed by atoms with Gasteiger partial charge >= 0.3 is 0 Å². The third kappa shape index (κ3) is 2.28. The van der Waals surface area contributed by atoms with Gasteiger partial charge in [0.25, 0.3) is 0 Å². The molecule has 1 amide bonds. The maximum atomic E-state index is 11.4. The van der Waals surface area contributed by atoms with E-state index in [0.717, 1.165) is 0 Å². The van der Waals surface area contributed by atoms with Crippen molar-refractivity contribution < 1.29 is 9.90 Å². The molecule has 0 saturated carbocycles. The van der Waals surface area contributed by atoms with Crippen LogP contribution in [0, 0.1) is 0 Å². The number of phenolic OH excluding ortho intramolecular Hbond substituents is 1. The minimum absolute atomic E-state index is 0.00193. The molecule has 0 aliphatic carbocycles. The van der Waals surface area contributed by atoms with Gasteiger partial charge in [0, 0.05) is 0 Å². The molecule has 0 bridgehead atoms. The zero-order valence-corrected chi connectivity index (χ0v) is 9.98. The fourth-order valence-corrected chi connectivity index (χ4v) is 2.39. The summed E-state index contributed by atoms with van der Waals surface area (Å²) in [6.07, 6.45) is 0. The highest BCUT2D eigenvalue weighted by atomic mass is 32.2. The maximum Gasteiger partial charge on any atom is 0.239 e. The molecular weight excluding hydrogens is 244 g/mol. The van der Waals surface area contributed by atoms with Crippen LogP contribution < -0.4 is 5.32 Å². The Balaban J connectivity index is 2.00. The van der Waals surface area contributed by atoms with Gasteiger partial charge in [0.05, 0.1) is 18.1 Å². The van der Waals surface area contributed by atoms with Crippen molar-refractivity contribution in [1.82, 2.24) is 4.90 Å². The third-order valence-corrected chi connectivity index (χ3v) is 3.60. The molecule has 1 saturated heterocycles. The minimum atomic E-state index is -0.00193. The predicted octanol–water partition coefficient (Wildman–Crippen LogP) is 1.62. The summed E-state index contributed by atoms with van der Waals surface area (Å²) in [5.41, 5.74) is 0.593. The van der Waals surface area contributed by atoms with Gasteiger partial charge in [-0.3, -0.25) is 9.69 Å².